The third-order valence-corrected chi connectivity index (χ3v) is 8.41. The summed E-state index contributed by atoms with van der Waals surface area (Å²) in [6, 6.07) is 13.3. The van der Waals surface area contributed by atoms with Gasteiger partial charge in [0.15, 0.2) is 0 Å². The fourth-order valence-corrected chi connectivity index (χ4v) is 5.47. The molecule has 2 aromatic carbocycles. The summed E-state index contributed by atoms with van der Waals surface area (Å²) >= 11 is 7.03. The lowest BCUT2D eigenvalue weighted by Crippen LogP contribution is -2.29. The van der Waals surface area contributed by atoms with E-state index in [0.717, 1.165) is 34.0 Å². The van der Waals surface area contributed by atoms with Gasteiger partial charge in [0.05, 0.1) is 33.7 Å². The van der Waals surface area contributed by atoms with Crippen molar-refractivity contribution in [2.45, 2.75) is 31.6 Å². The molecule has 2 N–H and O–H groups in total. The van der Waals surface area contributed by atoms with E-state index in [1.807, 2.05) is 18.2 Å². The zero-order valence-electron chi connectivity index (χ0n) is 19.5. The number of halogens is 3. The summed E-state index contributed by atoms with van der Waals surface area (Å²) in [5.41, 5.74) is 10.0. The number of carbonyl (C=O) groups excluding carboxylic acids is 1. The standard InChI is InChI=1S/C26H23BrClFN4O3S/c27-20-8-3-16(11-21(20)28)9-10-33(37(35)36)24-14-32-23(13-19(24)17-4-5-17)25(26(30)34)22(31-32)12-15-1-6-18(29)7-2-15/h1-3,6-8,11,13-14,17H,4-5,9-10,12H2,(H2,30,34)(H,35,36)/p-1. The Morgan fingerprint density at radius 1 is 1.22 bits per heavy atom. The quantitative estimate of drug-likeness (QED) is 0.262. The molecule has 0 saturated heterocycles. The van der Waals surface area contributed by atoms with Gasteiger partial charge in [-0.3, -0.25) is 9.00 Å². The predicted octanol–water partition coefficient (Wildman–Crippen LogP) is 5.30. The molecule has 2 aromatic heterocycles. The van der Waals surface area contributed by atoms with E-state index in [1.54, 1.807) is 24.4 Å². The average Bonchev–Trinajstić information content (AvgIpc) is 3.63. The second kappa shape index (κ2) is 10.5. The maximum Gasteiger partial charge on any atom is 0.252 e. The minimum Gasteiger partial charge on any atom is -0.755 e. The molecule has 1 atom stereocenters. The molecule has 11 heteroatoms. The van der Waals surface area contributed by atoms with Crippen LogP contribution in [0, 0.1) is 5.82 Å². The number of primary amides is 1. The Kier molecular flexibility index (Phi) is 7.35. The first-order chi connectivity index (χ1) is 17.7. The number of rotatable bonds is 9. The first-order valence-corrected chi connectivity index (χ1v) is 13.8. The minimum absolute atomic E-state index is 0.185. The second-order valence-corrected chi connectivity index (χ2v) is 11.2. The molecule has 0 bridgehead atoms. The van der Waals surface area contributed by atoms with E-state index in [2.05, 4.69) is 21.0 Å². The van der Waals surface area contributed by atoms with Crippen LogP contribution in [0.25, 0.3) is 5.52 Å². The Morgan fingerprint density at radius 2 is 1.92 bits per heavy atom. The number of anilines is 1. The number of aromatic nitrogens is 2. The van der Waals surface area contributed by atoms with Gasteiger partial charge in [-0.1, -0.05) is 29.8 Å². The summed E-state index contributed by atoms with van der Waals surface area (Å²) in [5.74, 6) is -0.800. The summed E-state index contributed by atoms with van der Waals surface area (Å²) < 4.78 is 41.7. The first-order valence-electron chi connectivity index (χ1n) is 11.6. The molecule has 192 valence electrons. The van der Waals surface area contributed by atoms with Gasteiger partial charge in [-0.15, -0.1) is 0 Å². The van der Waals surface area contributed by atoms with E-state index < -0.39 is 17.2 Å². The Bertz CT molecular complexity index is 1520. The van der Waals surface area contributed by atoms with Crippen molar-refractivity contribution in [1.82, 2.24) is 9.61 Å². The third-order valence-electron chi connectivity index (χ3n) is 6.44. The number of pyridine rings is 1. The molecule has 7 nitrogen and oxygen atoms in total. The number of hydrogen-bond donors (Lipinski definition) is 1. The molecule has 0 spiro atoms. The fraction of sp³-hybridized carbons (Fsp3) is 0.231. The number of amides is 1. The zero-order valence-corrected chi connectivity index (χ0v) is 22.7. The van der Waals surface area contributed by atoms with Crippen molar-refractivity contribution in [1.29, 1.82) is 0 Å². The van der Waals surface area contributed by atoms with Gasteiger partial charge in [-0.25, -0.2) is 8.91 Å². The number of carbonyl (C=O) groups is 1. The molecule has 37 heavy (non-hydrogen) atoms. The van der Waals surface area contributed by atoms with E-state index in [9.17, 15) is 17.9 Å². The predicted molar refractivity (Wildman–Crippen MR) is 144 cm³/mol. The summed E-state index contributed by atoms with van der Waals surface area (Å²) in [5, 5.41) is 5.14. The summed E-state index contributed by atoms with van der Waals surface area (Å²) in [6.07, 6.45) is 4.22. The largest absolute Gasteiger partial charge is 0.755 e. The Balaban J connectivity index is 1.55. The molecule has 1 amide bonds. The van der Waals surface area contributed by atoms with Crippen LogP contribution in [-0.4, -0.2) is 30.8 Å². The van der Waals surface area contributed by atoms with E-state index in [4.69, 9.17) is 17.3 Å². The topological polar surface area (TPSA) is 104 Å². The van der Waals surface area contributed by atoms with Crippen LogP contribution in [0.1, 0.15) is 51.5 Å². The van der Waals surface area contributed by atoms with Crippen LogP contribution in [0.4, 0.5) is 10.1 Å². The van der Waals surface area contributed by atoms with Crippen molar-refractivity contribution in [2.24, 2.45) is 5.73 Å². The maximum absolute atomic E-state index is 13.4. The molecule has 2 heterocycles. The molecule has 1 saturated carbocycles. The molecule has 1 aliphatic rings. The molecular formula is C26H22BrClFN4O3S-. The van der Waals surface area contributed by atoms with Gasteiger partial charge in [0, 0.05) is 28.7 Å². The van der Waals surface area contributed by atoms with E-state index in [1.165, 1.54) is 21.0 Å². The summed E-state index contributed by atoms with van der Waals surface area (Å²) in [4.78, 5) is 12.5. The molecular weight excluding hydrogens is 583 g/mol. The molecule has 0 radical (unpaired) electrons. The van der Waals surface area contributed by atoms with E-state index in [0.29, 0.717) is 28.3 Å². The normalized spacial score (nSPS) is 14.2. The van der Waals surface area contributed by atoms with E-state index >= 15 is 0 Å². The fourth-order valence-electron chi connectivity index (χ4n) is 4.46. The van der Waals surface area contributed by atoms with Crippen molar-refractivity contribution >= 4 is 55.9 Å². The van der Waals surface area contributed by atoms with Crippen molar-refractivity contribution < 1.29 is 17.9 Å². The molecule has 0 aliphatic heterocycles. The first kappa shape index (κ1) is 25.8. The van der Waals surface area contributed by atoms with Gasteiger partial charge < -0.3 is 14.6 Å². The highest BCUT2D eigenvalue weighted by Crippen LogP contribution is 2.45. The van der Waals surface area contributed by atoms with Crippen LogP contribution in [0.5, 0.6) is 0 Å². The lowest BCUT2D eigenvalue weighted by Gasteiger charge is -2.28. The highest BCUT2D eigenvalue weighted by atomic mass is 79.9. The third kappa shape index (κ3) is 5.57. The number of nitrogens with two attached hydrogens (primary N) is 1. The van der Waals surface area contributed by atoms with Gasteiger partial charge >= 0.3 is 0 Å². The van der Waals surface area contributed by atoms with Crippen LogP contribution >= 0.6 is 27.5 Å². The van der Waals surface area contributed by atoms with Crippen LogP contribution in [0.15, 0.2) is 59.2 Å². The molecule has 1 fully saturated rings. The summed E-state index contributed by atoms with van der Waals surface area (Å²) in [7, 11) is 0. The van der Waals surface area contributed by atoms with Crippen LogP contribution in [-0.2, 0) is 24.1 Å². The molecule has 4 aromatic rings. The van der Waals surface area contributed by atoms with Crippen molar-refractivity contribution in [3.05, 3.63) is 98.0 Å². The smallest absolute Gasteiger partial charge is 0.252 e. The van der Waals surface area contributed by atoms with Gasteiger partial charge in [-0.2, -0.15) is 5.10 Å². The van der Waals surface area contributed by atoms with Crippen LogP contribution in [0.2, 0.25) is 5.02 Å². The molecule has 1 aliphatic carbocycles. The van der Waals surface area contributed by atoms with Gasteiger partial charge in [0.25, 0.3) is 5.91 Å². The molecule has 5 rings (SSSR count). The Hall–Kier alpha value is -2.79. The number of benzene rings is 2. The van der Waals surface area contributed by atoms with Crippen LogP contribution < -0.4 is 10.0 Å². The van der Waals surface area contributed by atoms with Crippen molar-refractivity contribution in [3.8, 4) is 0 Å². The average molecular weight is 605 g/mol. The van der Waals surface area contributed by atoms with Gasteiger partial charge in [0.1, 0.15) is 5.82 Å². The maximum atomic E-state index is 13.4. The number of fused-ring (bicyclic) bond motifs is 1. The number of hydrogen-bond acceptors (Lipinski definition) is 4. The lowest BCUT2D eigenvalue weighted by atomic mass is 10.0. The summed E-state index contributed by atoms with van der Waals surface area (Å²) in [6.45, 7) is 0.200. The monoisotopic (exact) mass is 603 g/mol. The highest BCUT2D eigenvalue weighted by Gasteiger charge is 2.30. The lowest BCUT2D eigenvalue weighted by molar-refractivity contribution is 0.100. The van der Waals surface area contributed by atoms with Crippen molar-refractivity contribution in [3.63, 3.8) is 0 Å². The Labute approximate surface area is 229 Å². The minimum atomic E-state index is -2.55. The second-order valence-electron chi connectivity index (χ2n) is 9.02. The highest BCUT2D eigenvalue weighted by molar-refractivity contribution is 9.10. The number of nitrogens with zero attached hydrogens (tertiary/aromatic N) is 3. The molecule has 1 unspecified atom stereocenters. The Morgan fingerprint density at radius 3 is 2.54 bits per heavy atom. The zero-order chi connectivity index (χ0) is 26.3. The van der Waals surface area contributed by atoms with Gasteiger partial charge in [0.2, 0.25) is 0 Å². The van der Waals surface area contributed by atoms with Gasteiger partial charge in [-0.05, 0) is 88.1 Å². The van der Waals surface area contributed by atoms with Crippen molar-refractivity contribution in [2.75, 3.05) is 10.8 Å². The van der Waals surface area contributed by atoms with E-state index in [-0.39, 0.29) is 30.3 Å². The SMILES string of the molecule is NC(=O)c1c(Cc2ccc(F)cc2)nn2cc(N(CCc3ccc(Br)c(Cl)c3)S(=O)[O-])c(C3CC3)cc12. The van der Waals surface area contributed by atoms with Crippen LogP contribution in [0.3, 0.4) is 0 Å².